The lowest BCUT2D eigenvalue weighted by Gasteiger charge is -2.15. The number of nitrogens with one attached hydrogen (secondary N) is 1. The Balaban J connectivity index is 2.17. The van der Waals surface area contributed by atoms with Gasteiger partial charge < -0.3 is 10.1 Å². The Morgan fingerprint density at radius 2 is 1.42 bits per heavy atom. The smallest absolute Gasteiger partial charge is 0.418 e. The molecule has 0 saturated heterocycles. The van der Waals surface area contributed by atoms with Crippen LogP contribution in [-0.2, 0) is 11.0 Å². The van der Waals surface area contributed by atoms with Gasteiger partial charge in [0.15, 0.2) is 12.4 Å². The van der Waals surface area contributed by atoms with Crippen LogP contribution >= 0.6 is 58.0 Å². The van der Waals surface area contributed by atoms with Crippen LogP contribution in [0.25, 0.3) is 0 Å². The molecule has 0 spiro atoms. The fourth-order valence-corrected chi connectivity index (χ4v) is 3.10. The van der Waals surface area contributed by atoms with Crippen LogP contribution in [0.4, 0.5) is 18.9 Å². The molecule has 3 nitrogen and oxygen atoms in total. The van der Waals surface area contributed by atoms with Crippen LogP contribution in [0.1, 0.15) is 5.56 Å². The van der Waals surface area contributed by atoms with Gasteiger partial charge in [0.05, 0.1) is 26.3 Å². The first-order valence-electron chi connectivity index (χ1n) is 6.64. The normalized spacial score (nSPS) is 11.4. The van der Waals surface area contributed by atoms with Crippen LogP contribution < -0.4 is 10.1 Å². The Bertz CT molecular complexity index is 829. The molecule has 0 aromatic heterocycles. The molecule has 1 amide bonds. The second-order valence-electron chi connectivity index (χ2n) is 4.78. The number of hydrogen-bond acceptors (Lipinski definition) is 2. The number of rotatable bonds is 4. The van der Waals surface area contributed by atoms with E-state index in [1.807, 2.05) is 0 Å². The lowest BCUT2D eigenvalue weighted by molar-refractivity contribution is -0.137. The van der Waals surface area contributed by atoms with E-state index < -0.39 is 29.9 Å². The highest BCUT2D eigenvalue weighted by Gasteiger charge is 2.33. The Labute approximate surface area is 170 Å². The minimum atomic E-state index is -4.63. The first-order valence-corrected chi connectivity index (χ1v) is 8.53. The Morgan fingerprint density at radius 3 is 1.96 bits per heavy atom. The summed E-state index contributed by atoms with van der Waals surface area (Å²) in [5.74, 6) is -1.09. The molecule has 0 heterocycles. The minimum absolute atomic E-state index is 0.0979. The number of alkyl halides is 3. The number of anilines is 1. The molecule has 0 aliphatic rings. The van der Waals surface area contributed by atoms with E-state index in [0.717, 1.165) is 12.1 Å². The summed E-state index contributed by atoms with van der Waals surface area (Å²) < 4.78 is 43.9. The zero-order valence-corrected chi connectivity index (χ0v) is 16.1. The number of carbonyl (C=O) groups is 1. The Kier molecular flexibility index (Phi) is 6.80. The number of carbonyl (C=O) groups excluding carboxylic acids is 1. The second kappa shape index (κ2) is 8.31. The molecule has 0 bridgehead atoms. The van der Waals surface area contributed by atoms with Gasteiger partial charge in [-0.05, 0) is 12.1 Å². The topological polar surface area (TPSA) is 38.3 Å². The first kappa shape index (κ1) is 21.3. The third kappa shape index (κ3) is 4.61. The van der Waals surface area contributed by atoms with Crippen molar-refractivity contribution in [1.82, 2.24) is 0 Å². The molecular formula is C15H7Cl5F3NO2. The van der Waals surface area contributed by atoms with E-state index in [-0.39, 0.29) is 30.9 Å². The molecule has 1 N–H and O–H groups in total. The Morgan fingerprint density at radius 1 is 0.923 bits per heavy atom. The van der Waals surface area contributed by atoms with Gasteiger partial charge in [0, 0.05) is 0 Å². The molecule has 0 aliphatic heterocycles. The zero-order valence-electron chi connectivity index (χ0n) is 12.4. The van der Waals surface area contributed by atoms with Crippen LogP contribution in [0.15, 0.2) is 24.3 Å². The standard InChI is InChI=1S/C15H7Cl5F3NO2/c16-9-10(17)12(19)14(13(20)11(9)18)26-5-8(25)24-7-4-2-1-3-6(7)15(21,22)23/h1-4H,5H2,(H,24,25). The number of benzene rings is 2. The van der Waals surface area contributed by atoms with Crippen molar-refractivity contribution in [2.24, 2.45) is 0 Å². The van der Waals surface area contributed by atoms with Crippen molar-refractivity contribution in [1.29, 1.82) is 0 Å². The molecule has 2 rings (SSSR count). The van der Waals surface area contributed by atoms with Crippen molar-refractivity contribution in [2.75, 3.05) is 11.9 Å². The van der Waals surface area contributed by atoms with Crippen LogP contribution in [0, 0.1) is 0 Å². The molecule has 2 aromatic carbocycles. The van der Waals surface area contributed by atoms with Gasteiger partial charge in [0.1, 0.15) is 10.0 Å². The first-order chi connectivity index (χ1) is 12.0. The molecule has 0 radical (unpaired) electrons. The molecule has 140 valence electrons. The zero-order chi connectivity index (χ0) is 19.6. The van der Waals surface area contributed by atoms with Crippen LogP contribution in [0.2, 0.25) is 25.1 Å². The van der Waals surface area contributed by atoms with E-state index in [1.165, 1.54) is 12.1 Å². The fraction of sp³-hybridized carbons (Fsp3) is 0.133. The largest absolute Gasteiger partial charge is 0.481 e. The van der Waals surface area contributed by atoms with Crippen LogP contribution in [0.5, 0.6) is 5.75 Å². The van der Waals surface area contributed by atoms with Gasteiger partial charge in [-0.2, -0.15) is 13.2 Å². The van der Waals surface area contributed by atoms with E-state index in [0.29, 0.717) is 0 Å². The number of ether oxygens (including phenoxy) is 1. The van der Waals surface area contributed by atoms with Crippen molar-refractivity contribution >= 4 is 69.6 Å². The molecular weight excluding hydrogens is 460 g/mol. The molecule has 11 heteroatoms. The number of amides is 1. The summed E-state index contributed by atoms with van der Waals surface area (Å²) in [6.45, 7) is -0.695. The van der Waals surface area contributed by atoms with Crippen molar-refractivity contribution in [3.8, 4) is 5.75 Å². The van der Waals surface area contributed by atoms with E-state index >= 15 is 0 Å². The van der Waals surface area contributed by atoms with E-state index in [4.69, 9.17) is 62.7 Å². The third-order valence-corrected chi connectivity index (χ3v) is 5.27. The maximum atomic E-state index is 12.9. The Hall–Kier alpha value is -1.05. The number of para-hydroxylation sites is 1. The predicted octanol–water partition coefficient (Wildman–Crippen LogP) is 6.99. The highest BCUT2D eigenvalue weighted by Crippen LogP contribution is 2.48. The average molecular weight is 467 g/mol. The molecule has 2 aromatic rings. The van der Waals surface area contributed by atoms with Crippen molar-refractivity contribution in [3.05, 3.63) is 54.9 Å². The quantitative estimate of drug-likeness (QED) is 0.389. The van der Waals surface area contributed by atoms with Crippen LogP contribution in [-0.4, -0.2) is 12.5 Å². The monoisotopic (exact) mass is 465 g/mol. The maximum absolute atomic E-state index is 12.9. The average Bonchev–Trinajstić information content (AvgIpc) is 2.57. The van der Waals surface area contributed by atoms with Gasteiger partial charge >= 0.3 is 6.18 Å². The number of hydrogen-bond donors (Lipinski definition) is 1. The van der Waals surface area contributed by atoms with Crippen molar-refractivity contribution in [2.45, 2.75) is 6.18 Å². The lowest BCUT2D eigenvalue weighted by Crippen LogP contribution is -2.22. The van der Waals surface area contributed by atoms with Gasteiger partial charge in [0.25, 0.3) is 5.91 Å². The van der Waals surface area contributed by atoms with E-state index in [2.05, 4.69) is 5.32 Å². The molecule has 0 aliphatic carbocycles. The van der Waals surface area contributed by atoms with Gasteiger partial charge in [-0.3, -0.25) is 4.79 Å². The van der Waals surface area contributed by atoms with Gasteiger partial charge in [-0.15, -0.1) is 0 Å². The van der Waals surface area contributed by atoms with Crippen molar-refractivity contribution in [3.63, 3.8) is 0 Å². The summed E-state index contributed by atoms with van der Waals surface area (Å²) in [4.78, 5) is 11.9. The van der Waals surface area contributed by atoms with E-state index in [9.17, 15) is 18.0 Å². The minimum Gasteiger partial charge on any atom is -0.481 e. The molecule has 0 fully saturated rings. The van der Waals surface area contributed by atoms with Crippen molar-refractivity contribution < 1.29 is 22.7 Å². The molecule has 26 heavy (non-hydrogen) atoms. The van der Waals surface area contributed by atoms with Gasteiger partial charge in [0.2, 0.25) is 0 Å². The van der Waals surface area contributed by atoms with E-state index in [1.54, 1.807) is 0 Å². The number of halogens is 8. The predicted molar refractivity (Wildman–Crippen MR) is 97.1 cm³/mol. The highest BCUT2D eigenvalue weighted by molar-refractivity contribution is 6.55. The SMILES string of the molecule is O=C(COc1c(Cl)c(Cl)c(Cl)c(Cl)c1Cl)Nc1ccccc1C(F)(F)F. The van der Waals surface area contributed by atoms with Crippen LogP contribution in [0.3, 0.4) is 0 Å². The molecule has 0 unspecified atom stereocenters. The lowest BCUT2D eigenvalue weighted by atomic mass is 10.1. The summed E-state index contributed by atoms with van der Waals surface area (Å²) in [5.41, 5.74) is -1.42. The highest BCUT2D eigenvalue weighted by atomic mass is 35.5. The fourth-order valence-electron chi connectivity index (χ4n) is 1.87. The second-order valence-corrected chi connectivity index (χ2v) is 6.67. The summed E-state index contributed by atoms with van der Waals surface area (Å²) in [6.07, 6.45) is -4.63. The van der Waals surface area contributed by atoms with Gasteiger partial charge in [-0.1, -0.05) is 70.1 Å². The summed E-state index contributed by atoms with van der Waals surface area (Å²) in [7, 11) is 0. The summed E-state index contributed by atoms with van der Waals surface area (Å²) in [6, 6.07) is 4.49. The summed E-state index contributed by atoms with van der Waals surface area (Å²) in [5, 5.41) is 1.36. The third-order valence-electron chi connectivity index (χ3n) is 3.02. The summed E-state index contributed by atoms with van der Waals surface area (Å²) >= 11 is 29.4. The maximum Gasteiger partial charge on any atom is 0.418 e. The van der Waals surface area contributed by atoms with Gasteiger partial charge in [-0.25, -0.2) is 0 Å². The molecule has 0 saturated carbocycles. The molecule has 0 atom stereocenters.